The van der Waals surface area contributed by atoms with Crippen LogP contribution >= 0.6 is 0 Å². The van der Waals surface area contributed by atoms with Gasteiger partial charge in [-0.05, 0) is 12.1 Å². The molecule has 0 bridgehead atoms. The van der Waals surface area contributed by atoms with Crippen molar-refractivity contribution in [2.45, 2.75) is 13.3 Å². The SMILES string of the molecule is CCC(=O)c1cccc2c1OCCO2. The highest BCUT2D eigenvalue weighted by molar-refractivity contribution is 5.99. The average Bonchev–Trinajstić information content (AvgIpc) is 2.27. The Bertz CT molecular complexity index is 358. The van der Waals surface area contributed by atoms with Gasteiger partial charge in [0.05, 0.1) is 5.56 Å². The minimum atomic E-state index is 0.0901. The zero-order valence-corrected chi connectivity index (χ0v) is 8.08. The van der Waals surface area contributed by atoms with Gasteiger partial charge in [-0.15, -0.1) is 0 Å². The average molecular weight is 192 g/mol. The second kappa shape index (κ2) is 3.70. The predicted octanol–water partition coefficient (Wildman–Crippen LogP) is 2.05. The number of ether oxygens (including phenoxy) is 2. The molecule has 0 aromatic heterocycles. The fourth-order valence-electron chi connectivity index (χ4n) is 1.48. The van der Waals surface area contributed by atoms with E-state index in [0.29, 0.717) is 36.7 Å². The quantitative estimate of drug-likeness (QED) is 0.673. The molecule has 0 spiro atoms. The Morgan fingerprint density at radius 2 is 2.14 bits per heavy atom. The molecule has 3 nitrogen and oxygen atoms in total. The number of benzene rings is 1. The summed E-state index contributed by atoms with van der Waals surface area (Å²) in [6.45, 7) is 2.91. The second-order valence-corrected chi connectivity index (χ2v) is 3.11. The second-order valence-electron chi connectivity index (χ2n) is 3.11. The number of ketones is 1. The number of rotatable bonds is 2. The van der Waals surface area contributed by atoms with Crippen LogP contribution < -0.4 is 9.47 Å². The van der Waals surface area contributed by atoms with Crippen molar-refractivity contribution >= 4 is 5.78 Å². The van der Waals surface area contributed by atoms with Gasteiger partial charge < -0.3 is 9.47 Å². The lowest BCUT2D eigenvalue weighted by Gasteiger charge is -2.20. The number of hydrogen-bond acceptors (Lipinski definition) is 3. The van der Waals surface area contributed by atoms with Gasteiger partial charge in [0.15, 0.2) is 17.3 Å². The van der Waals surface area contributed by atoms with Gasteiger partial charge in [-0.1, -0.05) is 13.0 Å². The number of Topliss-reactive ketones (excluding diaryl/α,β-unsaturated/α-hetero) is 1. The monoisotopic (exact) mass is 192 g/mol. The van der Waals surface area contributed by atoms with Crippen LogP contribution in [0.3, 0.4) is 0 Å². The van der Waals surface area contributed by atoms with Gasteiger partial charge in [-0.3, -0.25) is 4.79 Å². The lowest BCUT2D eigenvalue weighted by Crippen LogP contribution is -2.17. The smallest absolute Gasteiger partial charge is 0.172 e. The van der Waals surface area contributed by atoms with Crippen LogP contribution in [0.15, 0.2) is 18.2 Å². The van der Waals surface area contributed by atoms with Gasteiger partial charge in [-0.25, -0.2) is 0 Å². The first-order valence-electron chi connectivity index (χ1n) is 4.74. The van der Waals surface area contributed by atoms with E-state index in [-0.39, 0.29) is 5.78 Å². The molecular weight excluding hydrogens is 180 g/mol. The van der Waals surface area contributed by atoms with E-state index in [9.17, 15) is 4.79 Å². The highest BCUT2D eigenvalue weighted by atomic mass is 16.6. The van der Waals surface area contributed by atoms with Gasteiger partial charge in [0.1, 0.15) is 13.2 Å². The third-order valence-electron chi connectivity index (χ3n) is 2.19. The predicted molar refractivity (Wildman–Crippen MR) is 52.1 cm³/mol. The molecule has 0 atom stereocenters. The van der Waals surface area contributed by atoms with Crippen LogP contribution in [-0.4, -0.2) is 19.0 Å². The van der Waals surface area contributed by atoms with E-state index in [1.54, 1.807) is 6.07 Å². The third kappa shape index (κ3) is 1.45. The number of hydrogen-bond donors (Lipinski definition) is 0. The van der Waals surface area contributed by atoms with Gasteiger partial charge in [0.2, 0.25) is 0 Å². The number of fused-ring (bicyclic) bond motifs is 1. The summed E-state index contributed by atoms with van der Waals surface area (Å²) in [7, 11) is 0. The molecule has 0 aliphatic carbocycles. The first kappa shape index (κ1) is 9.06. The maximum absolute atomic E-state index is 11.5. The summed E-state index contributed by atoms with van der Waals surface area (Å²) in [4.78, 5) is 11.5. The Kier molecular flexibility index (Phi) is 2.39. The van der Waals surface area contributed by atoms with Crippen LogP contribution in [0, 0.1) is 0 Å². The molecule has 74 valence electrons. The molecular formula is C11H12O3. The van der Waals surface area contributed by atoms with E-state index in [1.807, 2.05) is 19.1 Å². The molecule has 0 saturated carbocycles. The molecule has 1 aliphatic heterocycles. The highest BCUT2D eigenvalue weighted by Crippen LogP contribution is 2.34. The molecule has 1 aliphatic rings. The standard InChI is InChI=1S/C11H12O3/c1-2-9(12)8-4-3-5-10-11(8)14-7-6-13-10/h3-5H,2,6-7H2,1H3. The van der Waals surface area contributed by atoms with E-state index in [4.69, 9.17) is 9.47 Å². The van der Waals surface area contributed by atoms with Crippen molar-refractivity contribution in [2.24, 2.45) is 0 Å². The first-order valence-corrected chi connectivity index (χ1v) is 4.74. The summed E-state index contributed by atoms with van der Waals surface area (Å²) in [6.07, 6.45) is 0.486. The fraction of sp³-hybridized carbons (Fsp3) is 0.364. The highest BCUT2D eigenvalue weighted by Gasteiger charge is 2.18. The van der Waals surface area contributed by atoms with Crippen LogP contribution in [-0.2, 0) is 0 Å². The molecule has 1 heterocycles. The zero-order valence-electron chi connectivity index (χ0n) is 8.08. The summed E-state index contributed by atoms with van der Waals surface area (Å²) < 4.78 is 10.8. The topological polar surface area (TPSA) is 35.5 Å². The van der Waals surface area contributed by atoms with Crippen LogP contribution in [0.1, 0.15) is 23.7 Å². The largest absolute Gasteiger partial charge is 0.486 e. The van der Waals surface area contributed by atoms with Crippen LogP contribution in [0.4, 0.5) is 0 Å². The molecule has 1 aromatic carbocycles. The zero-order chi connectivity index (χ0) is 9.97. The molecule has 0 radical (unpaired) electrons. The van der Waals surface area contributed by atoms with E-state index in [0.717, 1.165) is 0 Å². The van der Waals surface area contributed by atoms with Gasteiger partial charge in [-0.2, -0.15) is 0 Å². The van der Waals surface area contributed by atoms with Gasteiger partial charge >= 0.3 is 0 Å². The Balaban J connectivity index is 2.45. The maximum Gasteiger partial charge on any atom is 0.172 e. The van der Waals surface area contributed by atoms with E-state index in [2.05, 4.69) is 0 Å². The summed E-state index contributed by atoms with van der Waals surface area (Å²) >= 11 is 0. The van der Waals surface area contributed by atoms with Crippen molar-refractivity contribution < 1.29 is 14.3 Å². The van der Waals surface area contributed by atoms with Crippen LogP contribution in [0.2, 0.25) is 0 Å². The van der Waals surface area contributed by atoms with E-state index >= 15 is 0 Å². The third-order valence-corrected chi connectivity index (χ3v) is 2.19. The lowest BCUT2D eigenvalue weighted by atomic mass is 10.1. The summed E-state index contributed by atoms with van der Waals surface area (Å²) in [6, 6.07) is 5.41. The van der Waals surface area contributed by atoms with Crippen LogP contribution in [0.25, 0.3) is 0 Å². The summed E-state index contributed by atoms with van der Waals surface area (Å²) in [5, 5.41) is 0. The number of para-hydroxylation sites is 1. The van der Waals surface area contributed by atoms with E-state index < -0.39 is 0 Å². The molecule has 0 N–H and O–H groups in total. The van der Waals surface area contributed by atoms with Crippen molar-refractivity contribution in [3.05, 3.63) is 23.8 Å². The minimum absolute atomic E-state index is 0.0901. The number of carbonyl (C=O) groups is 1. The molecule has 0 fully saturated rings. The molecule has 1 aromatic rings. The molecule has 14 heavy (non-hydrogen) atoms. The Morgan fingerprint density at radius 3 is 2.93 bits per heavy atom. The fourth-order valence-corrected chi connectivity index (χ4v) is 1.48. The van der Waals surface area contributed by atoms with Crippen molar-refractivity contribution in [1.82, 2.24) is 0 Å². The Morgan fingerprint density at radius 1 is 1.36 bits per heavy atom. The molecule has 3 heteroatoms. The van der Waals surface area contributed by atoms with E-state index in [1.165, 1.54) is 0 Å². The van der Waals surface area contributed by atoms with Gasteiger partial charge in [0.25, 0.3) is 0 Å². The Hall–Kier alpha value is -1.51. The van der Waals surface area contributed by atoms with Crippen molar-refractivity contribution in [3.63, 3.8) is 0 Å². The summed E-state index contributed by atoms with van der Waals surface area (Å²) in [5.41, 5.74) is 0.629. The first-order chi connectivity index (χ1) is 6.83. The Labute approximate surface area is 82.6 Å². The minimum Gasteiger partial charge on any atom is -0.486 e. The summed E-state index contributed by atoms with van der Waals surface area (Å²) in [5.74, 6) is 1.37. The van der Waals surface area contributed by atoms with Crippen LogP contribution in [0.5, 0.6) is 11.5 Å². The number of carbonyl (C=O) groups excluding carboxylic acids is 1. The maximum atomic E-state index is 11.5. The molecule has 0 amide bonds. The molecule has 2 rings (SSSR count). The van der Waals surface area contributed by atoms with Crippen molar-refractivity contribution in [3.8, 4) is 11.5 Å². The molecule has 0 unspecified atom stereocenters. The molecule has 0 saturated heterocycles. The lowest BCUT2D eigenvalue weighted by molar-refractivity contribution is 0.0977. The van der Waals surface area contributed by atoms with Crippen molar-refractivity contribution in [2.75, 3.05) is 13.2 Å². The van der Waals surface area contributed by atoms with Gasteiger partial charge in [0, 0.05) is 6.42 Å². The normalized spacial score (nSPS) is 13.8. The van der Waals surface area contributed by atoms with Crippen molar-refractivity contribution in [1.29, 1.82) is 0 Å².